The van der Waals surface area contributed by atoms with E-state index in [0.29, 0.717) is 11.3 Å². The van der Waals surface area contributed by atoms with Crippen LogP contribution in [0.1, 0.15) is 11.1 Å². The highest BCUT2D eigenvalue weighted by Gasteiger charge is 2.13. The first-order valence-electron chi connectivity index (χ1n) is 6.44. The summed E-state index contributed by atoms with van der Waals surface area (Å²) in [6.07, 6.45) is 0.916. The Hall–Kier alpha value is -2.88. The summed E-state index contributed by atoms with van der Waals surface area (Å²) in [4.78, 5) is 23.5. The minimum absolute atomic E-state index is 0.236. The van der Waals surface area contributed by atoms with E-state index >= 15 is 0 Å². The molecule has 2 aromatic carbocycles. The third-order valence-corrected chi connectivity index (χ3v) is 2.87. The van der Waals surface area contributed by atoms with Crippen LogP contribution in [-0.2, 0) is 9.59 Å². The summed E-state index contributed by atoms with van der Waals surface area (Å²) in [6, 6.07) is 15.6. The second-order valence-corrected chi connectivity index (χ2v) is 4.58. The molecule has 106 valence electrons. The number of rotatable bonds is 4. The van der Waals surface area contributed by atoms with Gasteiger partial charge in [-0.25, -0.2) is 0 Å². The Balaban J connectivity index is 2.06. The molecule has 0 saturated carbocycles. The maximum atomic E-state index is 11.7. The molecule has 2 aromatic rings. The van der Waals surface area contributed by atoms with Crippen LogP contribution in [0.5, 0.6) is 0 Å². The number of amides is 1. The molecule has 4 nitrogen and oxygen atoms in total. The third kappa shape index (κ3) is 4.04. The van der Waals surface area contributed by atoms with Crippen molar-refractivity contribution in [2.75, 3.05) is 5.32 Å². The first-order chi connectivity index (χ1) is 10.1. The number of aliphatic hydroxyl groups is 1. The van der Waals surface area contributed by atoms with Gasteiger partial charge in [0, 0.05) is 17.3 Å². The van der Waals surface area contributed by atoms with Gasteiger partial charge in [0.1, 0.15) is 5.76 Å². The quantitative estimate of drug-likeness (QED) is 0.514. The van der Waals surface area contributed by atoms with E-state index in [-0.39, 0.29) is 5.76 Å². The summed E-state index contributed by atoms with van der Waals surface area (Å²) in [5.41, 5.74) is 2.07. The molecule has 0 aliphatic heterocycles. The fourth-order valence-electron chi connectivity index (χ4n) is 1.71. The van der Waals surface area contributed by atoms with Crippen molar-refractivity contribution in [1.29, 1.82) is 0 Å². The Labute approximate surface area is 122 Å². The normalized spacial score (nSPS) is 11.0. The third-order valence-electron chi connectivity index (χ3n) is 2.87. The van der Waals surface area contributed by atoms with Gasteiger partial charge in [0.05, 0.1) is 0 Å². The zero-order chi connectivity index (χ0) is 15.2. The van der Waals surface area contributed by atoms with Crippen LogP contribution in [-0.4, -0.2) is 16.8 Å². The number of ketones is 1. The van der Waals surface area contributed by atoms with Crippen LogP contribution >= 0.6 is 0 Å². The summed E-state index contributed by atoms with van der Waals surface area (Å²) >= 11 is 0. The van der Waals surface area contributed by atoms with Crippen LogP contribution in [0.4, 0.5) is 5.69 Å². The number of hydrogen-bond donors (Lipinski definition) is 2. The summed E-state index contributed by atoms with van der Waals surface area (Å²) < 4.78 is 0. The van der Waals surface area contributed by atoms with Gasteiger partial charge in [-0.15, -0.1) is 0 Å². The summed E-state index contributed by atoms with van der Waals surface area (Å²) in [7, 11) is 0. The maximum absolute atomic E-state index is 11.7. The van der Waals surface area contributed by atoms with Crippen LogP contribution < -0.4 is 5.32 Å². The number of hydrogen-bond acceptors (Lipinski definition) is 3. The Morgan fingerprint density at radius 1 is 1.00 bits per heavy atom. The summed E-state index contributed by atoms with van der Waals surface area (Å²) in [5.74, 6) is -1.84. The molecule has 2 rings (SSSR count). The molecule has 0 aliphatic rings. The first-order valence-corrected chi connectivity index (χ1v) is 6.44. The van der Waals surface area contributed by atoms with Crippen molar-refractivity contribution in [3.8, 4) is 0 Å². The van der Waals surface area contributed by atoms with Gasteiger partial charge in [0.25, 0.3) is 5.91 Å². The minimum Gasteiger partial charge on any atom is -0.507 e. The number of aryl methyl sites for hydroxylation is 1. The van der Waals surface area contributed by atoms with Crippen molar-refractivity contribution >= 4 is 23.1 Å². The van der Waals surface area contributed by atoms with Gasteiger partial charge in [0.15, 0.2) is 0 Å². The molecule has 0 aliphatic carbocycles. The highest BCUT2D eigenvalue weighted by atomic mass is 16.3. The first kappa shape index (κ1) is 14.5. The number of carbonyl (C=O) groups is 2. The van der Waals surface area contributed by atoms with Crippen molar-refractivity contribution < 1.29 is 14.7 Å². The Kier molecular flexibility index (Phi) is 4.51. The van der Waals surface area contributed by atoms with Crippen LogP contribution in [0.2, 0.25) is 0 Å². The van der Waals surface area contributed by atoms with Crippen molar-refractivity contribution in [2.45, 2.75) is 6.92 Å². The lowest BCUT2D eigenvalue weighted by molar-refractivity contribution is -0.131. The number of anilines is 1. The van der Waals surface area contributed by atoms with Crippen molar-refractivity contribution in [2.24, 2.45) is 0 Å². The number of nitrogens with one attached hydrogen (secondary N) is 1. The van der Waals surface area contributed by atoms with Crippen molar-refractivity contribution in [3.63, 3.8) is 0 Å². The predicted molar refractivity (Wildman–Crippen MR) is 81.9 cm³/mol. The molecule has 2 N–H and O–H groups in total. The SMILES string of the molecule is Cc1ccc(NC(=O)C(=O)/C=C(\O)c2ccccc2)cc1. The highest BCUT2D eigenvalue weighted by Crippen LogP contribution is 2.11. The van der Waals surface area contributed by atoms with E-state index in [4.69, 9.17) is 0 Å². The van der Waals surface area contributed by atoms with Gasteiger partial charge in [-0.1, -0.05) is 48.0 Å². The van der Waals surface area contributed by atoms with E-state index < -0.39 is 11.7 Å². The van der Waals surface area contributed by atoms with Crippen molar-refractivity contribution in [1.82, 2.24) is 0 Å². The molecule has 0 aromatic heterocycles. The Bertz CT molecular complexity index is 673. The second-order valence-electron chi connectivity index (χ2n) is 4.58. The monoisotopic (exact) mass is 281 g/mol. The van der Waals surface area contributed by atoms with Gasteiger partial charge < -0.3 is 10.4 Å². The van der Waals surface area contributed by atoms with Crippen molar-refractivity contribution in [3.05, 3.63) is 71.8 Å². The van der Waals surface area contributed by atoms with Gasteiger partial charge >= 0.3 is 0 Å². The van der Waals surface area contributed by atoms with E-state index in [0.717, 1.165) is 11.6 Å². The lowest BCUT2D eigenvalue weighted by Gasteiger charge is -2.03. The summed E-state index contributed by atoms with van der Waals surface area (Å²) in [5, 5.41) is 12.3. The fourth-order valence-corrected chi connectivity index (χ4v) is 1.71. The van der Waals surface area contributed by atoms with Gasteiger partial charge in [-0.3, -0.25) is 9.59 Å². The fraction of sp³-hybridized carbons (Fsp3) is 0.0588. The molecule has 0 bridgehead atoms. The second kappa shape index (κ2) is 6.52. The zero-order valence-electron chi connectivity index (χ0n) is 11.5. The summed E-state index contributed by atoms with van der Waals surface area (Å²) in [6.45, 7) is 1.93. The van der Waals surface area contributed by atoms with Gasteiger partial charge in [-0.05, 0) is 19.1 Å². The van der Waals surface area contributed by atoms with Crippen LogP contribution in [0, 0.1) is 6.92 Å². The van der Waals surface area contributed by atoms with Gasteiger partial charge in [-0.2, -0.15) is 0 Å². The molecular weight excluding hydrogens is 266 g/mol. The molecule has 0 unspecified atom stereocenters. The van der Waals surface area contributed by atoms with E-state index in [1.807, 2.05) is 19.1 Å². The lowest BCUT2D eigenvalue weighted by atomic mass is 10.1. The zero-order valence-corrected chi connectivity index (χ0v) is 11.5. The van der Waals surface area contributed by atoms with Crippen LogP contribution in [0.25, 0.3) is 5.76 Å². The van der Waals surface area contributed by atoms with E-state index in [2.05, 4.69) is 5.32 Å². The smallest absolute Gasteiger partial charge is 0.296 e. The van der Waals surface area contributed by atoms with E-state index in [1.54, 1.807) is 42.5 Å². The largest absolute Gasteiger partial charge is 0.507 e. The standard InChI is InChI=1S/C17H15NO3/c1-12-7-9-14(10-8-12)18-17(21)16(20)11-15(19)13-5-3-2-4-6-13/h2-11,19H,1H3,(H,18,21)/b15-11-. The average molecular weight is 281 g/mol. The molecule has 1 amide bonds. The van der Waals surface area contributed by atoms with E-state index in [9.17, 15) is 14.7 Å². The molecule has 4 heteroatoms. The lowest BCUT2D eigenvalue weighted by Crippen LogP contribution is -2.21. The number of benzene rings is 2. The Morgan fingerprint density at radius 2 is 1.62 bits per heavy atom. The maximum Gasteiger partial charge on any atom is 0.296 e. The minimum atomic E-state index is -0.808. The number of carbonyl (C=O) groups excluding carboxylic acids is 2. The van der Waals surface area contributed by atoms with Crippen LogP contribution in [0.3, 0.4) is 0 Å². The predicted octanol–water partition coefficient (Wildman–Crippen LogP) is 3.10. The molecule has 0 radical (unpaired) electrons. The molecule has 0 heterocycles. The molecule has 21 heavy (non-hydrogen) atoms. The molecule has 0 fully saturated rings. The molecule has 0 saturated heterocycles. The Morgan fingerprint density at radius 3 is 2.24 bits per heavy atom. The highest BCUT2D eigenvalue weighted by molar-refractivity contribution is 6.45. The molecular formula is C17H15NO3. The molecule has 0 spiro atoms. The molecule has 0 atom stereocenters. The van der Waals surface area contributed by atoms with Crippen LogP contribution in [0.15, 0.2) is 60.7 Å². The topological polar surface area (TPSA) is 66.4 Å². The van der Waals surface area contributed by atoms with Gasteiger partial charge in [0.2, 0.25) is 5.78 Å². The van der Waals surface area contributed by atoms with E-state index in [1.165, 1.54) is 0 Å². The number of aliphatic hydroxyl groups excluding tert-OH is 1. The average Bonchev–Trinajstić information content (AvgIpc) is 2.50.